The monoisotopic (exact) mass is 293 g/mol. The third kappa shape index (κ3) is 2.14. The Balaban J connectivity index is 2.01. The molecule has 3 heteroatoms. The van der Waals surface area contributed by atoms with E-state index in [0.29, 0.717) is 0 Å². The molecule has 17 heavy (non-hydrogen) atoms. The zero-order valence-electron chi connectivity index (χ0n) is 10.1. The van der Waals surface area contributed by atoms with Gasteiger partial charge in [-0.15, -0.1) is 0 Å². The Hall–Kier alpha value is -0.800. The van der Waals surface area contributed by atoms with Crippen LogP contribution in [0.1, 0.15) is 29.7 Å². The fraction of sp³-hybridized carbons (Fsp3) is 0.429. The molecule has 0 amide bonds. The van der Waals surface area contributed by atoms with E-state index >= 15 is 0 Å². The molecule has 0 spiro atoms. The van der Waals surface area contributed by atoms with Crippen LogP contribution >= 0.6 is 15.9 Å². The first-order valence-electron chi connectivity index (χ1n) is 6.06. The summed E-state index contributed by atoms with van der Waals surface area (Å²) in [6.45, 7) is 5.08. The van der Waals surface area contributed by atoms with Crippen LogP contribution in [0.25, 0.3) is 11.0 Å². The summed E-state index contributed by atoms with van der Waals surface area (Å²) in [5.74, 6) is 1.08. The summed E-state index contributed by atoms with van der Waals surface area (Å²) in [6.07, 6.45) is 2.62. The summed E-state index contributed by atoms with van der Waals surface area (Å²) in [7, 11) is 0. The molecule has 0 aliphatic heterocycles. The van der Waals surface area contributed by atoms with E-state index < -0.39 is 0 Å². The molecule has 1 aromatic carbocycles. The van der Waals surface area contributed by atoms with Gasteiger partial charge in [-0.05, 0) is 49.9 Å². The van der Waals surface area contributed by atoms with Crippen molar-refractivity contribution in [3.63, 3.8) is 0 Å². The lowest BCUT2D eigenvalue weighted by molar-refractivity contribution is 0.508. The van der Waals surface area contributed by atoms with Crippen LogP contribution in [0.15, 0.2) is 21.0 Å². The van der Waals surface area contributed by atoms with Crippen LogP contribution in [0.2, 0.25) is 0 Å². The molecule has 0 bridgehead atoms. The lowest BCUT2D eigenvalue weighted by atomic mass is 10.1. The fourth-order valence-corrected chi connectivity index (χ4v) is 2.76. The van der Waals surface area contributed by atoms with Crippen LogP contribution in [0.3, 0.4) is 0 Å². The molecule has 0 atom stereocenters. The highest BCUT2D eigenvalue weighted by Crippen LogP contribution is 2.31. The topological polar surface area (TPSA) is 25.2 Å². The molecule has 2 aromatic rings. The second kappa shape index (κ2) is 4.14. The second-order valence-electron chi connectivity index (χ2n) is 4.90. The van der Waals surface area contributed by atoms with Gasteiger partial charge in [-0.2, -0.15) is 0 Å². The molecule has 1 fully saturated rings. The Labute approximate surface area is 110 Å². The zero-order chi connectivity index (χ0) is 12.0. The maximum Gasteiger partial charge on any atom is 0.137 e. The highest BCUT2D eigenvalue weighted by Gasteiger charge is 2.21. The molecule has 1 N–H and O–H groups in total. The first-order chi connectivity index (χ1) is 8.15. The number of aryl methyl sites for hydroxylation is 2. The fourth-order valence-electron chi connectivity index (χ4n) is 2.19. The first-order valence-corrected chi connectivity index (χ1v) is 6.86. The Morgan fingerprint density at radius 3 is 2.82 bits per heavy atom. The van der Waals surface area contributed by atoms with Gasteiger partial charge in [-0.1, -0.05) is 15.9 Å². The van der Waals surface area contributed by atoms with Gasteiger partial charge in [0.05, 0.1) is 6.54 Å². The number of rotatable bonds is 3. The summed E-state index contributed by atoms with van der Waals surface area (Å²) in [6, 6.07) is 4.96. The van der Waals surface area contributed by atoms with Crippen LogP contribution in [0.5, 0.6) is 0 Å². The number of halogens is 1. The van der Waals surface area contributed by atoms with Crippen LogP contribution in [0.4, 0.5) is 0 Å². The van der Waals surface area contributed by atoms with Crippen LogP contribution in [-0.2, 0) is 6.54 Å². The average molecular weight is 294 g/mol. The van der Waals surface area contributed by atoms with Crippen molar-refractivity contribution < 1.29 is 4.42 Å². The predicted molar refractivity (Wildman–Crippen MR) is 73.2 cm³/mol. The van der Waals surface area contributed by atoms with Crippen molar-refractivity contribution >= 4 is 26.9 Å². The Bertz CT molecular complexity index is 569. The lowest BCUT2D eigenvalue weighted by Crippen LogP contribution is -2.15. The summed E-state index contributed by atoms with van der Waals surface area (Å²) >= 11 is 3.54. The molecule has 1 saturated carbocycles. The van der Waals surface area contributed by atoms with Crippen molar-refractivity contribution in [3.05, 3.63) is 33.5 Å². The smallest absolute Gasteiger partial charge is 0.137 e. The molecular formula is C14H16BrNO. The van der Waals surface area contributed by atoms with Gasteiger partial charge in [0.15, 0.2) is 0 Å². The normalized spacial score (nSPS) is 15.7. The third-order valence-corrected chi connectivity index (χ3v) is 3.87. The molecule has 1 aromatic heterocycles. The van der Waals surface area contributed by atoms with E-state index in [-0.39, 0.29) is 0 Å². The van der Waals surface area contributed by atoms with E-state index in [4.69, 9.17) is 4.42 Å². The van der Waals surface area contributed by atoms with E-state index in [9.17, 15) is 0 Å². The predicted octanol–water partition coefficient (Wildman–Crippen LogP) is 4.06. The minimum atomic E-state index is 0.718. The van der Waals surface area contributed by atoms with Crippen molar-refractivity contribution in [3.8, 4) is 0 Å². The summed E-state index contributed by atoms with van der Waals surface area (Å²) in [5.41, 5.74) is 3.48. The second-order valence-corrected chi connectivity index (χ2v) is 5.82. The Morgan fingerprint density at radius 1 is 1.35 bits per heavy atom. The van der Waals surface area contributed by atoms with E-state index in [0.717, 1.165) is 28.4 Å². The van der Waals surface area contributed by atoms with Gasteiger partial charge in [-0.25, -0.2) is 0 Å². The highest BCUT2D eigenvalue weighted by molar-refractivity contribution is 9.10. The van der Waals surface area contributed by atoms with Gasteiger partial charge in [0.2, 0.25) is 0 Å². The van der Waals surface area contributed by atoms with Gasteiger partial charge in [0, 0.05) is 15.9 Å². The average Bonchev–Trinajstić information content (AvgIpc) is 3.04. The van der Waals surface area contributed by atoms with Gasteiger partial charge >= 0.3 is 0 Å². The highest BCUT2D eigenvalue weighted by atomic mass is 79.9. The van der Waals surface area contributed by atoms with Gasteiger partial charge in [0.25, 0.3) is 0 Å². The molecule has 0 unspecified atom stereocenters. The molecule has 2 nitrogen and oxygen atoms in total. The van der Waals surface area contributed by atoms with Crippen molar-refractivity contribution in [2.45, 2.75) is 39.3 Å². The number of furan rings is 1. The largest absolute Gasteiger partial charge is 0.459 e. The molecule has 1 aliphatic carbocycles. The quantitative estimate of drug-likeness (QED) is 0.923. The molecular weight excluding hydrogens is 278 g/mol. The molecule has 1 aliphatic rings. The van der Waals surface area contributed by atoms with Gasteiger partial charge < -0.3 is 9.73 Å². The molecule has 90 valence electrons. The van der Waals surface area contributed by atoms with E-state index in [1.165, 1.54) is 29.4 Å². The number of nitrogens with one attached hydrogen (secondary N) is 1. The maximum absolute atomic E-state index is 5.98. The summed E-state index contributed by atoms with van der Waals surface area (Å²) in [5, 5.41) is 4.73. The number of hydrogen-bond acceptors (Lipinski definition) is 2. The lowest BCUT2D eigenvalue weighted by Gasteiger charge is -1.99. The number of hydrogen-bond donors (Lipinski definition) is 1. The van der Waals surface area contributed by atoms with Gasteiger partial charge in [0.1, 0.15) is 11.3 Å². The Kier molecular flexibility index (Phi) is 2.75. The van der Waals surface area contributed by atoms with Crippen LogP contribution < -0.4 is 5.32 Å². The number of benzene rings is 1. The SMILES string of the molecule is Cc1c(CNC2CC2)oc2c(C)cc(Br)cc12. The van der Waals surface area contributed by atoms with Crippen LogP contribution in [-0.4, -0.2) is 6.04 Å². The van der Waals surface area contributed by atoms with Crippen LogP contribution in [0, 0.1) is 13.8 Å². The van der Waals surface area contributed by atoms with Crippen molar-refractivity contribution in [2.75, 3.05) is 0 Å². The minimum absolute atomic E-state index is 0.718. The van der Waals surface area contributed by atoms with Gasteiger partial charge in [-0.3, -0.25) is 0 Å². The molecule has 3 rings (SSSR count). The maximum atomic E-state index is 5.98. The zero-order valence-corrected chi connectivity index (χ0v) is 11.7. The first kappa shape index (κ1) is 11.3. The van der Waals surface area contributed by atoms with Crippen molar-refractivity contribution in [2.24, 2.45) is 0 Å². The third-order valence-electron chi connectivity index (χ3n) is 3.42. The molecule has 0 radical (unpaired) electrons. The Morgan fingerprint density at radius 2 is 2.12 bits per heavy atom. The minimum Gasteiger partial charge on any atom is -0.459 e. The van der Waals surface area contributed by atoms with E-state index in [1.807, 2.05) is 0 Å². The van der Waals surface area contributed by atoms with Crippen molar-refractivity contribution in [1.29, 1.82) is 0 Å². The number of fused-ring (bicyclic) bond motifs is 1. The van der Waals surface area contributed by atoms with Crippen molar-refractivity contribution in [1.82, 2.24) is 5.32 Å². The standard InChI is InChI=1S/C14H16BrNO/c1-8-5-10(15)6-12-9(2)13(17-14(8)12)7-16-11-3-4-11/h5-6,11,16H,3-4,7H2,1-2H3. The molecule has 1 heterocycles. The summed E-state index contributed by atoms with van der Waals surface area (Å²) in [4.78, 5) is 0. The molecule has 0 saturated heterocycles. The van der Waals surface area contributed by atoms with E-state index in [1.54, 1.807) is 0 Å². The van der Waals surface area contributed by atoms with E-state index in [2.05, 4.69) is 47.2 Å². The summed E-state index contributed by atoms with van der Waals surface area (Å²) < 4.78 is 7.10.